The molecule has 1 aromatic carbocycles. The van der Waals surface area contributed by atoms with E-state index in [1.807, 2.05) is 32.0 Å². The number of carbonyl (C=O) groups is 2. The third-order valence-electron chi connectivity index (χ3n) is 3.23. The van der Waals surface area contributed by atoms with E-state index in [0.717, 1.165) is 16.7 Å². The summed E-state index contributed by atoms with van der Waals surface area (Å²) in [6, 6.07) is 9.17. The maximum atomic E-state index is 11.9. The minimum absolute atomic E-state index is 0.271. The Morgan fingerprint density at radius 3 is 2.62 bits per heavy atom. The number of pyridine rings is 1. The first-order valence-corrected chi connectivity index (χ1v) is 6.62. The Hall–Kier alpha value is -2.69. The van der Waals surface area contributed by atoms with E-state index in [4.69, 9.17) is 0 Å². The third kappa shape index (κ3) is 3.89. The van der Waals surface area contributed by atoms with Crippen molar-refractivity contribution in [3.8, 4) is 0 Å². The lowest BCUT2D eigenvalue weighted by Gasteiger charge is -2.10. The minimum Gasteiger partial charge on any atom is -0.344 e. The summed E-state index contributed by atoms with van der Waals surface area (Å²) < 4.78 is 0. The molecule has 0 unspecified atom stereocenters. The molecule has 0 spiro atoms. The van der Waals surface area contributed by atoms with E-state index in [0.29, 0.717) is 5.69 Å². The van der Waals surface area contributed by atoms with Gasteiger partial charge in [-0.1, -0.05) is 18.2 Å². The molecule has 108 valence electrons. The van der Waals surface area contributed by atoms with Crippen molar-refractivity contribution in [2.75, 3.05) is 5.32 Å². The van der Waals surface area contributed by atoms with Crippen LogP contribution >= 0.6 is 0 Å². The van der Waals surface area contributed by atoms with Crippen LogP contribution < -0.4 is 10.6 Å². The molecule has 0 aliphatic rings. The van der Waals surface area contributed by atoms with Crippen molar-refractivity contribution in [3.63, 3.8) is 0 Å². The molecule has 2 N–H and O–H groups in total. The number of hydrogen-bond donors (Lipinski definition) is 2. The number of aryl methyl sites for hydroxylation is 1. The molecular formula is C16H17N3O2. The summed E-state index contributed by atoms with van der Waals surface area (Å²) in [5.74, 6) is -1.34. The SMILES string of the molecule is Cc1cccc(NC(=O)C(=O)NCc2cccnc2)c1C. The average Bonchev–Trinajstić information content (AvgIpc) is 2.50. The van der Waals surface area contributed by atoms with Gasteiger partial charge in [-0.05, 0) is 42.7 Å². The lowest BCUT2D eigenvalue weighted by molar-refractivity contribution is -0.136. The van der Waals surface area contributed by atoms with Crippen LogP contribution in [0, 0.1) is 13.8 Å². The van der Waals surface area contributed by atoms with E-state index in [1.54, 1.807) is 24.5 Å². The van der Waals surface area contributed by atoms with E-state index in [2.05, 4.69) is 15.6 Å². The van der Waals surface area contributed by atoms with Crippen molar-refractivity contribution >= 4 is 17.5 Å². The standard InChI is InChI=1S/C16H17N3O2/c1-11-5-3-7-14(12(11)2)19-16(21)15(20)18-10-13-6-4-8-17-9-13/h3-9H,10H2,1-2H3,(H,18,20)(H,19,21). The summed E-state index contributed by atoms with van der Waals surface area (Å²) in [4.78, 5) is 27.6. The molecule has 2 aromatic rings. The fraction of sp³-hybridized carbons (Fsp3) is 0.188. The summed E-state index contributed by atoms with van der Waals surface area (Å²) in [7, 11) is 0. The molecule has 1 heterocycles. The highest BCUT2D eigenvalue weighted by atomic mass is 16.2. The van der Waals surface area contributed by atoms with Gasteiger partial charge in [-0.3, -0.25) is 14.6 Å². The second-order valence-electron chi connectivity index (χ2n) is 4.75. The zero-order valence-corrected chi connectivity index (χ0v) is 12.0. The van der Waals surface area contributed by atoms with E-state index in [-0.39, 0.29) is 6.54 Å². The molecule has 0 saturated carbocycles. The highest BCUT2D eigenvalue weighted by Crippen LogP contribution is 2.17. The van der Waals surface area contributed by atoms with Crippen LogP contribution in [-0.4, -0.2) is 16.8 Å². The molecule has 0 fully saturated rings. The largest absolute Gasteiger partial charge is 0.344 e. The lowest BCUT2D eigenvalue weighted by Crippen LogP contribution is -2.35. The maximum Gasteiger partial charge on any atom is 0.313 e. The number of carbonyl (C=O) groups excluding carboxylic acids is 2. The van der Waals surface area contributed by atoms with Gasteiger partial charge in [-0.2, -0.15) is 0 Å². The molecule has 0 saturated heterocycles. The van der Waals surface area contributed by atoms with E-state index < -0.39 is 11.8 Å². The molecule has 5 heteroatoms. The van der Waals surface area contributed by atoms with Crippen molar-refractivity contribution in [2.45, 2.75) is 20.4 Å². The molecule has 1 aromatic heterocycles. The van der Waals surface area contributed by atoms with Crippen molar-refractivity contribution in [2.24, 2.45) is 0 Å². The molecule has 2 rings (SSSR count). The van der Waals surface area contributed by atoms with Gasteiger partial charge in [-0.25, -0.2) is 0 Å². The van der Waals surface area contributed by atoms with Crippen molar-refractivity contribution in [3.05, 3.63) is 59.4 Å². The van der Waals surface area contributed by atoms with Gasteiger partial charge in [-0.15, -0.1) is 0 Å². The molecular weight excluding hydrogens is 266 g/mol. The monoisotopic (exact) mass is 283 g/mol. The topological polar surface area (TPSA) is 71.1 Å². The molecule has 5 nitrogen and oxygen atoms in total. The number of nitrogens with one attached hydrogen (secondary N) is 2. The van der Waals surface area contributed by atoms with Crippen LogP contribution in [0.2, 0.25) is 0 Å². The highest BCUT2D eigenvalue weighted by molar-refractivity contribution is 6.39. The first-order chi connectivity index (χ1) is 10.1. The number of nitrogens with zero attached hydrogens (tertiary/aromatic N) is 1. The van der Waals surface area contributed by atoms with Crippen molar-refractivity contribution in [1.29, 1.82) is 0 Å². The van der Waals surface area contributed by atoms with Gasteiger partial charge in [0, 0.05) is 24.6 Å². The normalized spacial score (nSPS) is 10.0. The van der Waals surface area contributed by atoms with Crippen LogP contribution in [0.25, 0.3) is 0 Å². The predicted octanol–water partition coefficient (Wildman–Crippen LogP) is 1.95. The second-order valence-corrected chi connectivity index (χ2v) is 4.75. The molecule has 0 radical (unpaired) electrons. The molecule has 21 heavy (non-hydrogen) atoms. The minimum atomic E-state index is -0.674. The molecule has 0 bridgehead atoms. The summed E-state index contributed by atoms with van der Waals surface area (Å²) in [6.07, 6.45) is 3.29. The van der Waals surface area contributed by atoms with Gasteiger partial charge in [0.2, 0.25) is 0 Å². The predicted molar refractivity (Wildman–Crippen MR) is 80.6 cm³/mol. The summed E-state index contributed by atoms with van der Waals surface area (Å²) >= 11 is 0. The first kappa shape index (κ1) is 14.7. The number of benzene rings is 1. The Balaban J connectivity index is 1.94. The maximum absolute atomic E-state index is 11.9. The van der Waals surface area contributed by atoms with Gasteiger partial charge in [0.05, 0.1) is 0 Å². The fourth-order valence-electron chi connectivity index (χ4n) is 1.83. The van der Waals surface area contributed by atoms with Crippen LogP contribution in [0.5, 0.6) is 0 Å². The fourth-order valence-corrected chi connectivity index (χ4v) is 1.83. The lowest BCUT2D eigenvalue weighted by atomic mass is 10.1. The molecule has 0 atom stereocenters. The number of hydrogen-bond acceptors (Lipinski definition) is 3. The van der Waals surface area contributed by atoms with Gasteiger partial charge >= 0.3 is 11.8 Å². The van der Waals surface area contributed by atoms with Crippen LogP contribution in [0.15, 0.2) is 42.7 Å². The average molecular weight is 283 g/mol. The van der Waals surface area contributed by atoms with Crippen LogP contribution in [-0.2, 0) is 16.1 Å². The third-order valence-corrected chi connectivity index (χ3v) is 3.23. The van der Waals surface area contributed by atoms with Crippen molar-refractivity contribution in [1.82, 2.24) is 10.3 Å². The second kappa shape index (κ2) is 6.65. The zero-order valence-electron chi connectivity index (χ0n) is 12.0. The van der Waals surface area contributed by atoms with E-state index >= 15 is 0 Å². The number of aromatic nitrogens is 1. The van der Waals surface area contributed by atoms with Crippen molar-refractivity contribution < 1.29 is 9.59 Å². The summed E-state index contributed by atoms with van der Waals surface area (Å²) in [5.41, 5.74) is 3.50. The quantitative estimate of drug-likeness (QED) is 0.846. The van der Waals surface area contributed by atoms with Crippen LogP contribution in [0.4, 0.5) is 5.69 Å². The van der Waals surface area contributed by atoms with Crippen LogP contribution in [0.1, 0.15) is 16.7 Å². The Morgan fingerprint density at radius 2 is 1.90 bits per heavy atom. The number of anilines is 1. The van der Waals surface area contributed by atoms with Crippen LogP contribution in [0.3, 0.4) is 0 Å². The highest BCUT2D eigenvalue weighted by Gasteiger charge is 2.14. The van der Waals surface area contributed by atoms with E-state index in [9.17, 15) is 9.59 Å². The molecule has 0 aliphatic heterocycles. The van der Waals surface area contributed by atoms with Gasteiger partial charge in [0.25, 0.3) is 0 Å². The molecule has 2 amide bonds. The van der Waals surface area contributed by atoms with Gasteiger partial charge in [0.15, 0.2) is 0 Å². The first-order valence-electron chi connectivity index (χ1n) is 6.62. The number of amides is 2. The Bertz CT molecular complexity index is 654. The Morgan fingerprint density at radius 1 is 1.10 bits per heavy atom. The number of rotatable bonds is 3. The van der Waals surface area contributed by atoms with Gasteiger partial charge < -0.3 is 10.6 Å². The van der Waals surface area contributed by atoms with E-state index in [1.165, 1.54) is 0 Å². The summed E-state index contributed by atoms with van der Waals surface area (Å²) in [6.45, 7) is 4.12. The van der Waals surface area contributed by atoms with Gasteiger partial charge in [0.1, 0.15) is 0 Å². The Kier molecular flexibility index (Phi) is 4.66. The smallest absolute Gasteiger partial charge is 0.313 e. The summed E-state index contributed by atoms with van der Waals surface area (Å²) in [5, 5.41) is 5.18. The molecule has 0 aliphatic carbocycles. The Labute approximate surface area is 123 Å². The zero-order chi connectivity index (χ0) is 15.2.